The fourth-order valence-electron chi connectivity index (χ4n) is 15.3. The first-order valence-corrected chi connectivity index (χ1v) is 38.1. The van der Waals surface area contributed by atoms with Gasteiger partial charge in [-0.05, 0) is 141 Å². The molecule has 5 aliphatic rings. The summed E-state index contributed by atoms with van der Waals surface area (Å²) in [7, 11) is 7.09. The highest BCUT2D eigenvalue weighted by Gasteiger charge is 2.31. The van der Waals surface area contributed by atoms with Gasteiger partial charge in [0.05, 0.1) is 110 Å². The summed E-state index contributed by atoms with van der Waals surface area (Å²) in [4.78, 5) is 67.1. The second-order valence-corrected chi connectivity index (χ2v) is 30.1. The van der Waals surface area contributed by atoms with Crippen LogP contribution in [0.15, 0.2) is 86.1 Å². The van der Waals surface area contributed by atoms with E-state index in [1.165, 1.54) is 0 Å². The number of aromatic nitrogens is 13. The number of aliphatic hydroxyl groups excluding tert-OH is 3. The van der Waals surface area contributed by atoms with Crippen LogP contribution in [-0.2, 0) is 30.3 Å². The number of ether oxygens (including phenoxy) is 4. The van der Waals surface area contributed by atoms with Crippen LogP contribution in [0.2, 0.25) is 0 Å². The summed E-state index contributed by atoms with van der Waals surface area (Å²) in [5.74, 6) is 2.98. The van der Waals surface area contributed by atoms with E-state index in [0.717, 1.165) is 170 Å². The number of ketones is 1. The maximum Gasteiger partial charge on any atom is 0.255 e. The van der Waals surface area contributed by atoms with Crippen LogP contribution in [0.3, 0.4) is 0 Å². The van der Waals surface area contributed by atoms with Gasteiger partial charge < -0.3 is 64.9 Å². The summed E-state index contributed by atoms with van der Waals surface area (Å²) < 4.78 is 28.7. The lowest BCUT2D eigenvalue weighted by atomic mass is 9.85. The number of anilines is 3. The van der Waals surface area contributed by atoms with Gasteiger partial charge in [0.2, 0.25) is 17.8 Å². The third-order valence-electron chi connectivity index (χ3n) is 21.0. The number of nitrogens with one attached hydrogen (secondary N) is 3. The Balaban J connectivity index is 0.000000150. The summed E-state index contributed by atoms with van der Waals surface area (Å²) >= 11 is 0. The lowest BCUT2D eigenvalue weighted by Crippen LogP contribution is -2.47. The number of nitrogens with zero attached hydrogens (tertiary/aromatic N) is 16. The van der Waals surface area contributed by atoms with E-state index >= 15 is 0 Å². The Bertz CT molecular complexity index is 4420. The van der Waals surface area contributed by atoms with Gasteiger partial charge in [-0.1, -0.05) is 13.8 Å². The van der Waals surface area contributed by atoms with Crippen LogP contribution >= 0.6 is 0 Å². The van der Waals surface area contributed by atoms with Gasteiger partial charge in [-0.2, -0.15) is 5.10 Å². The number of morpholine rings is 1. The third-order valence-corrected chi connectivity index (χ3v) is 21.0. The first kappa shape index (κ1) is 77.7. The normalized spacial score (nSPS) is 21.0. The molecular weight excluding hydrogens is 1360 g/mol. The SMILES string of the molecule is COC[C@H](C)Nc1ncc2c(-c3cncc(C(=O)N4CCN(C)CC4)c3)cc(C3CCC(O)CC3)n2n1.COC[C@H](C)Nc1ncc2c(-c3cncc(C(=O)N4CCOCC4)c3)cc(C3CCC(O)CC3)n2n1.COC[C@H](C)Nc1ncc2c(-c3cnn(CC(=O)CC(C)C)c3)cc(C3CCC(O)CC3)n2n1. The molecule has 2 amide bonds. The molecule has 9 aromatic rings. The molecule has 0 bridgehead atoms. The number of carbonyl (C=O) groups excluding carboxylic acids is 3. The van der Waals surface area contributed by atoms with Gasteiger partial charge in [0.25, 0.3) is 11.8 Å². The second kappa shape index (κ2) is 36.3. The summed E-state index contributed by atoms with van der Waals surface area (Å²) in [6.45, 7) is 17.5. The van der Waals surface area contributed by atoms with E-state index < -0.39 is 0 Å². The van der Waals surface area contributed by atoms with Gasteiger partial charge in [-0.3, -0.25) is 29.0 Å². The van der Waals surface area contributed by atoms with Gasteiger partial charge in [-0.25, -0.2) is 28.5 Å². The number of fused-ring (bicyclic) bond motifs is 3. The number of Topliss-reactive ketones (excluding diaryl/α,β-unsaturated/α-hetero) is 1. The summed E-state index contributed by atoms with van der Waals surface area (Å²) in [5, 5.41) is 59.0. The van der Waals surface area contributed by atoms with Gasteiger partial charge in [0.15, 0.2) is 5.78 Å². The molecule has 5 fully saturated rings. The average Bonchev–Trinajstić information content (AvgIpc) is 1.63. The molecule has 29 heteroatoms. The highest BCUT2D eigenvalue weighted by molar-refractivity contribution is 5.97. The Kier molecular flexibility index (Phi) is 26.4. The van der Waals surface area contributed by atoms with Crippen LogP contribution in [0.1, 0.15) is 174 Å². The number of amides is 2. The van der Waals surface area contributed by atoms with Crippen molar-refractivity contribution >= 4 is 52.0 Å². The minimum Gasteiger partial charge on any atom is -0.393 e. The minimum absolute atomic E-state index is 0.0160. The van der Waals surface area contributed by atoms with Crippen LogP contribution < -0.4 is 16.0 Å². The maximum atomic E-state index is 13.2. The smallest absolute Gasteiger partial charge is 0.255 e. The Morgan fingerprint density at radius 1 is 0.486 bits per heavy atom. The van der Waals surface area contributed by atoms with E-state index in [1.54, 1.807) is 57.0 Å². The molecule has 11 heterocycles. The second-order valence-electron chi connectivity index (χ2n) is 30.1. The van der Waals surface area contributed by atoms with Gasteiger partial charge in [0.1, 0.15) is 0 Å². The lowest BCUT2D eigenvalue weighted by Gasteiger charge is -2.32. The van der Waals surface area contributed by atoms with Crippen LogP contribution in [0, 0.1) is 5.92 Å². The molecule has 3 aliphatic carbocycles. The topological polar surface area (TPSA) is 329 Å². The number of hydrogen-bond acceptors (Lipinski definition) is 23. The van der Waals surface area contributed by atoms with Gasteiger partial charge in [0, 0.05) is 184 Å². The number of likely N-dealkylation sites (N-methyl/N-ethyl adjacent to an activating group) is 1. The molecule has 107 heavy (non-hydrogen) atoms. The van der Waals surface area contributed by atoms with E-state index in [1.807, 2.05) is 94.9 Å². The fourth-order valence-corrected chi connectivity index (χ4v) is 15.3. The zero-order valence-corrected chi connectivity index (χ0v) is 63.4. The Morgan fingerprint density at radius 2 is 0.860 bits per heavy atom. The Morgan fingerprint density at radius 3 is 1.23 bits per heavy atom. The lowest BCUT2D eigenvalue weighted by molar-refractivity contribution is -0.120. The number of methoxy groups -OCH3 is 3. The van der Waals surface area contributed by atoms with E-state index in [9.17, 15) is 29.7 Å². The van der Waals surface area contributed by atoms with Crippen molar-refractivity contribution in [1.82, 2.24) is 78.2 Å². The van der Waals surface area contributed by atoms with E-state index in [2.05, 4.69) is 76.1 Å². The van der Waals surface area contributed by atoms with Crippen molar-refractivity contribution in [2.75, 3.05) is 117 Å². The van der Waals surface area contributed by atoms with Crippen molar-refractivity contribution in [2.45, 2.75) is 179 Å². The van der Waals surface area contributed by atoms with E-state index in [4.69, 9.17) is 34.2 Å². The number of carbonyl (C=O) groups is 3. The number of hydrogen-bond donors (Lipinski definition) is 6. The molecule has 3 saturated carbocycles. The Hall–Kier alpha value is -8.94. The molecule has 0 spiro atoms. The summed E-state index contributed by atoms with van der Waals surface area (Å²) in [5.41, 5.74) is 12.6. The average molecular weight is 1470 g/mol. The fraction of sp³-hybridized carbons (Fsp3) is 0.564. The van der Waals surface area contributed by atoms with E-state index in [-0.39, 0.29) is 72.4 Å². The van der Waals surface area contributed by atoms with Crippen molar-refractivity contribution in [3.05, 3.63) is 114 Å². The first-order valence-electron chi connectivity index (χ1n) is 38.1. The molecule has 6 N–H and O–H groups in total. The standard InChI is InChI=1S/C27H37N7O3.C26H34N6O4.C25H36N6O3/c1-18(17-37-3)30-27-29-16-25-23(13-24(34(25)31-27)19-4-6-22(35)7-5-19)20-12-21(15-28-14-20)26(36)33-10-8-32(2)9-11-33;1-17(16-35-2)29-26-28-15-24-22(12-23(32(24)30-26)18-3-5-21(33)6-4-18)19-11-20(14-27-13-19)25(34)31-7-9-36-10-8-31;1-16(2)9-21(33)14-30-13-19(11-27-30)22-10-23(18-5-7-20(32)8-6-18)31-24(22)12-26-25(29-31)28-17(3)15-34-4/h12-16,18-19,22,35H,4-11,17H2,1-3H3,(H,30,31);11-15,17-18,21,33H,3-10,16H2,1-2H3,(H,29,30);10-13,16-18,20,32H,5-9,14-15H2,1-4H3,(H,28,29)/t18-,19?,22?;17-,18?,21?;17-,18?,20?/m000/s1. The highest BCUT2D eigenvalue weighted by Crippen LogP contribution is 2.41. The molecule has 0 unspecified atom stereocenters. The third kappa shape index (κ3) is 19.5. The maximum absolute atomic E-state index is 13.2. The van der Waals surface area contributed by atoms with Gasteiger partial charge >= 0.3 is 0 Å². The van der Waals surface area contributed by atoms with Crippen molar-refractivity contribution in [3.8, 4) is 33.4 Å². The summed E-state index contributed by atoms with van der Waals surface area (Å²) in [6, 6.07) is 10.5. The molecule has 0 aromatic carbocycles. The van der Waals surface area contributed by atoms with Crippen molar-refractivity contribution in [3.63, 3.8) is 0 Å². The molecule has 0 radical (unpaired) electrons. The molecule has 2 saturated heterocycles. The minimum atomic E-state index is -0.235. The number of pyridine rings is 2. The summed E-state index contributed by atoms with van der Waals surface area (Å²) in [6.07, 6.45) is 26.1. The zero-order chi connectivity index (χ0) is 75.3. The molecular formula is C78H107N19O10. The predicted octanol–water partition coefficient (Wildman–Crippen LogP) is 9.05. The largest absolute Gasteiger partial charge is 0.393 e. The number of aliphatic hydroxyl groups is 3. The first-order chi connectivity index (χ1) is 51.8. The van der Waals surface area contributed by atoms with Crippen LogP contribution in [0.4, 0.5) is 17.8 Å². The molecule has 2 aliphatic heterocycles. The quantitative estimate of drug-likeness (QED) is 0.0328. The predicted molar refractivity (Wildman–Crippen MR) is 408 cm³/mol. The van der Waals surface area contributed by atoms with Gasteiger partial charge in [-0.15, -0.1) is 15.3 Å². The zero-order valence-electron chi connectivity index (χ0n) is 63.4. The molecule has 14 rings (SSSR count). The van der Waals surface area contributed by atoms with Crippen LogP contribution in [0.25, 0.3) is 49.9 Å². The van der Waals surface area contributed by atoms with Crippen LogP contribution in [-0.4, -0.2) is 248 Å². The Labute approximate surface area is 625 Å². The number of rotatable bonds is 24. The van der Waals surface area contributed by atoms with Crippen LogP contribution in [0.5, 0.6) is 0 Å². The van der Waals surface area contributed by atoms with Crippen molar-refractivity contribution in [1.29, 1.82) is 0 Å². The molecule has 3 atom stereocenters. The van der Waals surface area contributed by atoms with Crippen molar-refractivity contribution in [2.24, 2.45) is 5.92 Å². The number of piperazine rings is 1. The molecule has 9 aromatic heterocycles. The van der Waals surface area contributed by atoms with E-state index in [0.29, 0.717) is 93.4 Å². The van der Waals surface area contributed by atoms with Crippen molar-refractivity contribution < 1.29 is 48.7 Å². The molecule has 574 valence electrons. The highest BCUT2D eigenvalue weighted by atomic mass is 16.5. The molecule has 29 nitrogen and oxygen atoms in total. The monoisotopic (exact) mass is 1470 g/mol.